The van der Waals surface area contributed by atoms with E-state index in [1.54, 1.807) is 0 Å². The molecule has 1 aromatic rings. The van der Waals surface area contributed by atoms with Crippen LogP contribution in [0.2, 0.25) is 0 Å². The van der Waals surface area contributed by atoms with Crippen molar-refractivity contribution in [1.82, 2.24) is 0 Å². The molecule has 0 saturated heterocycles. The first-order valence-corrected chi connectivity index (χ1v) is 4.24. The molecular formula is C9H9NO7. The van der Waals surface area contributed by atoms with Crippen molar-refractivity contribution >= 4 is 17.6 Å². The molecule has 0 fully saturated rings. The number of carbonyl (C=O) groups excluding carboxylic acids is 2. The fraction of sp³-hybridized carbons (Fsp3) is 0.111. The number of phenolic OH excluding ortho intramolecular Hbond substituents is 4. The quantitative estimate of drug-likeness (QED) is 0.196. The Labute approximate surface area is 94.7 Å². The van der Waals surface area contributed by atoms with Crippen molar-refractivity contribution in [3.05, 3.63) is 6.07 Å². The largest absolute Gasteiger partial charge is 0.504 e. The van der Waals surface area contributed by atoms with Crippen molar-refractivity contribution in [1.29, 1.82) is 0 Å². The number of esters is 1. The molecule has 0 bridgehead atoms. The number of benzene rings is 1. The predicted octanol–water partition coefficient (Wildman–Crippen LogP) is -0.380. The second-order valence-electron chi connectivity index (χ2n) is 2.93. The molecule has 8 nitrogen and oxygen atoms in total. The van der Waals surface area contributed by atoms with Crippen molar-refractivity contribution < 1.29 is 34.8 Å². The Morgan fingerprint density at radius 3 is 2.24 bits per heavy atom. The molecule has 1 rings (SSSR count). The molecule has 0 aliphatic heterocycles. The number of aromatic hydroxyl groups is 4. The minimum Gasteiger partial charge on any atom is -0.504 e. The number of anilines is 1. The van der Waals surface area contributed by atoms with Crippen molar-refractivity contribution in [3.63, 3.8) is 0 Å². The fourth-order valence-electron chi connectivity index (χ4n) is 0.996. The van der Waals surface area contributed by atoms with Gasteiger partial charge in [0, 0.05) is 6.07 Å². The molecule has 0 atom stereocenters. The molecular weight excluding hydrogens is 234 g/mol. The molecule has 0 radical (unpaired) electrons. The van der Waals surface area contributed by atoms with E-state index in [0.29, 0.717) is 0 Å². The van der Waals surface area contributed by atoms with Crippen LogP contribution in [0, 0.1) is 0 Å². The summed E-state index contributed by atoms with van der Waals surface area (Å²) in [5.41, 5.74) is -0.451. The minimum atomic E-state index is -1.23. The summed E-state index contributed by atoms with van der Waals surface area (Å²) in [6.45, 7) is 0. The molecule has 0 spiro atoms. The van der Waals surface area contributed by atoms with Gasteiger partial charge in [-0.1, -0.05) is 0 Å². The van der Waals surface area contributed by atoms with Gasteiger partial charge in [-0.15, -0.1) is 0 Å². The molecule has 17 heavy (non-hydrogen) atoms. The number of nitrogens with one attached hydrogen (secondary N) is 1. The van der Waals surface area contributed by atoms with Gasteiger partial charge in [0.1, 0.15) is 0 Å². The highest BCUT2D eigenvalue weighted by atomic mass is 16.5. The van der Waals surface area contributed by atoms with Crippen LogP contribution in [0.25, 0.3) is 0 Å². The molecule has 0 saturated carbocycles. The standard InChI is InChI=1S/C9H9NO7/c1-17-9(16)8(15)10-3-2-4(11)6(13)7(14)5(3)12/h2,11-14H,1H3,(H,10,15). The lowest BCUT2D eigenvalue weighted by atomic mass is 10.2. The fourth-order valence-corrected chi connectivity index (χ4v) is 0.996. The topological polar surface area (TPSA) is 136 Å². The van der Waals surface area contributed by atoms with E-state index in [1.165, 1.54) is 0 Å². The lowest BCUT2D eigenvalue weighted by Crippen LogP contribution is -2.23. The van der Waals surface area contributed by atoms with Crippen LogP contribution in [0.4, 0.5) is 5.69 Å². The number of amides is 1. The second-order valence-corrected chi connectivity index (χ2v) is 2.93. The van der Waals surface area contributed by atoms with Gasteiger partial charge in [-0.2, -0.15) is 0 Å². The third-order valence-electron chi connectivity index (χ3n) is 1.85. The monoisotopic (exact) mass is 243 g/mol. The maximum atomic E-state index is 11.1. The van der Waals surface area contributed by atoms with Crippen LogP contribution in [0.3, 0.4) is 0 Å². The second kappa shape index (κ2) is 4.47. The molecule has 0 unspecified atom stereocenters. The molecule has 0 heterocycles. The Bertz CT molecular complexity index is 483. The summed E-state index contributed by atoms with van der Waals surface area (Å²) < 4.78 is 4.10. The number of hydrogen-bond acceptors (Lipinski definition) is 7. The zero-order valence-corrected chi connectivity index (χ0v) is 8.59. The number of rotatable bonds is 1. The molecule has 92 valence electrons. The van der Waals surface area contributed by atoms with E-state index >= 15 is 0 Å². The van der Waals surface area contributed by atoms with Gasteiger partial charge >= 0.3 is 11.9 Å². The number of phenols is 4. The van der Waals surface area contributed by atoms with Gasteiger partial charge in [0.25, 0.3) is 0 Å². The number of carbonyl (C=O) groups is 2. The molecule has 0 aromatic heterocycles. The smallest absolute Gasteiger partial charge is 0.396 e. The number of ether oxygens (including phenoxy) is 1. The average molecular weight is 243 g/mol. The zero-order valence-electron chi connectivity index (χ0n) is 8.59. The van der Waals surface area contributed by atoms with E-state index in [9.17, 15) is 14.7 Å². The van der Waals surface area contributed by atoms with E-state index in [1.807, 2.05) is 5.32 Å². The van der Waals surface area contributed by atoms with E-state index in [0.717, 1.165) is 13.2 Å². The van der Waals surface area contributed by atoms with Crippen molar-refractivity contribution in [2.24, 2.45) is 0 Å². The summed E-state index contributed by atoms with van der Waals surface area (Å²) in [7, 11) is 0.980. The number of methoxy groups -OCH3 is 1. The highest BCUT2D eigenvalue weighted by molar-refractivity contribution is 6.37. The van der Waals surface area contributed by atoms with Crippen LogP contribution in [-0.2, 0) is 14.3 Å². The summed E-state index contributed by atoms with van der Waals surface area (Å²) in [5.74, 6) is -6.08. The minimum absolute atomic E-state index is 0.451. The first kappa shape index (κ1) is 12.4. The van der Waals surface area contributed by atoms with E-state index in [-0.39, 0.29) is 0 Å². The normalized spacial score (nSPS) is 9.71. The highest BCUT2D eigenvalue weighted by Crippen LogP contribution is 2.46. The summed E-state index contributed by atoms with van der Waals surface area (Å²) in [6.07, 6.45) is 0. The molecule has 0 aliphatic carbocycles. The van der Waals surface area contributed by atoms with Crippen LogP contribution < -0.4 is 5.32 Å². The Kier molecular flexibility index (Phi) is 3.27. The summed E-state index contributed by atoms with van der Waals surface area (Å²) in [4.78, 5) is 21.9. The van der Waals surface area contributed by atoms with E-state index in [4.69, 9.17) is 15.3 Å². The molecule has 0 aliphatic rings. The average Bonchev–Trinajstić information content (AvgIpc) is 2.32. The van der Waals surface area contributed by atoms with E-state index < -0.39 is 40.6 Å². The lowest BCUT2D eigenvalue weighted by molar-refractivity contribution is -0.150. The van der Waals surface area contributed by atoms with Crippen LogP contribution in [0.15, 0.2) is 6.07 Å². The van der Waals surface area contributed by atoms with Crippen molar-refractivity contribution in [2.75, 3.05) is 12.4 Å². The SMILES string of the molecule is COC(=O)C(=O)Nc1cc(O)c(O)c(O)c1O. The third kappa shape index (κ3) is 2.30. The van der Waals surface area contributed by atoms with Crippen molar-refractivity contribution in [2.45, 2.75) is 0 Å². The van der Waals surface area contributed by atoms with Gasteiger partial charge in [0.05, 0.1) is 12.8 Å². The first-order chi connectivity index (χ1) is 7.88. The van der Waals surface area contributed by atoms with Gasteiger partial charge < -0.3 is 30.5 Å². The maximum absolute atomic E-state index is 11.1. The van der Waals surface area contributed by atoms with Gasteiger partial charge in [-0.25, -0.2) is 4.79 Å². The van der Waals surface area contributed by atoms with Crippen LogP contribution in [0.1, 0.15) is 0 Å². The molecule has 5 N–H and O–H groups in total. The summed E-state index contributed by atoms with van der Waals surface area (Å²) >= 11 is 0. The Morgan fingerprint density at radius 1 is 1.12 bits per heavy atom. The van der Waals surface area contributed by atoms with Gasteiger partial charge in [0.15, 0.2) is 11.5 Å². The van der Waals surface area contributed by atoms with Crippen molar-refractivity contribution in [3.8, 4) is 23.0 Å². The van der Waals surface area contributed by atoms with Gasteiger partial charge in [0.2, 0.25) is 11.5 Å². The van der Waals surface area contributed by atoms with Gasteiger partial charge in [-0.3, -0.25) is 4.79 Å². The van der Waals surface area contributed by atoms with E-state index in [2.05, 4.69) is 4.74 Å². The summed E-state index contributed by atoms with van der Waals surface area (Å²) in [6, 6.07) is 0.755. The maximum Gasteiger partial charge on any atom is 0.396 e. The highest BCUT2D eigenvalue weighted by Gasteiger charge is 2.20. The predicted molar refractivity (Wildman–Crippen MR) is 53.7 cm³/mol. The Hall–Kier alpha value is -2.64. The van der Waals surface area contributed by atoms with Crippen LogP contribution in [-0.4, -0.2) is 39.4 Å². The molecule has 1 aromatic carbocycles. The first-order valence-electron chi connectivity index (χ1n) is 4.24. The zero-order chi connectivity index (χ0) is 13.2. The molecule has 1 amide bonds. The van der Waals surface area contributed by atoms with Crippen LogP contribution in [0.5, 0.6) is 23.0 Å². The van der Waals surface area contributed by atoms with Crippen LogP contribution >= 0.6 is 0 Å². The Balaban J connectivity index is 3.08. The third-order valence-corrected chi connectivity index (χ3v) is 1.85. The molecule has 8 heteroatoms. The Morgan fingerprint density at radius 2 is 1.71 bits per heavy atom. The number of hydrogen-bond donors (Lipinski definition) is 5. The van der Waals surface area contributed by atoms with Gasteiger partial charge in [-0.05, 0) is 0 Å². The lowest BCUT2D eigenvalue weighted by Gasteiger charge is -2.09. The summed E-state index contributed by atoms with van der Waals surface area (Å²) in [5, 5.41) is 38.5.